The van der Waals surface area contributed by atoms with Crippen LogP contribution in [0, 0.1) is 5.92 Å². The number of hydrogen-bond donors (Lipinski definition) is 0. The maximum atomic E-state index is 2.88. The van der Waals surface area contributed by atoms with E-state index in [1.807, 2.05) is 0 Å². The predicted molar refractivity (Wildman–Crippen MR) is 70.7 cm³/mol. The van der Waals surface area contributed by atoms with Crippen molar-refractivity contribution in [3.05, 3.63) is 0 Å². The molecule has 16 heavy (non-hydrogen) atoms. The second-order valence-corrected chi connectivity index (χ2v) is 5.87. The Labute approximate surface area is 102 Å². The number of piperidine rings is 1. The highest BCUT2D eigenvalue weighted by atomic mass is 15.2. The zero-order valence-corrected chi connectivity index (χ0v) is 11.3. The van der Waals surface area contributed by atoms with Crippen LogP contribution in [0.4, 0.5) is 0 Å². The molecule has 0 aliphatic carbocycles. The van der Waals surface area contributed by atoms with Gasteiger partial charge in [-0.15, -0.1) is 0 Å². The van der Waals surface area contributed by atoms with Crippen LogP contribution in [0.3, 0.4) is 0 Å². The zero-order chi connectivity index (χ0) is 11.4. The molecule has 0 bridgehead atoms. The van der Waals surface area contributed by atoms with E-state index in [0.717, 1.165) is 18.0 Å². The van der Waals surface area contributed by atoms with Crippen molar-refractivity contribution in [1.29, 1.82) is 0 Å². The summed E-state index contributed by atoms with van der Waals surface area (Å²) in [5, 5.41) is 0. The Bertz CT molecular complexity index is 202. The fraction of sp³-hybridized carbons (Fsp3) is 1.00. The summed E-state index contributed by atoms with van der Waals surface area (Å²) < 4.78 is 0. The third-order valence-electron chi connectivity index (χ3n) is 4.78. The molecule has 0 spiro atoms. The van der Waals surface area contributed by atoms with E-state index in [1.165, 1.54) is 64.3 Å². The van der Waals surface area contributed by atoms with Crippen molar-refractivity contribution in [2.24, 2.45) is 5.92 Å². The van der Waals surface area contributed by atoms with Gasteiger partial charge in [-0.1, -0.05) is 33.1 Å². The van der Waals surface area contributed by atoms with E-state index in [2.05, 4.69) is 18.7 Å². The van der Waals surface area contributed by atoms with Crippen molar-refractivity contribution in [2.45, 2.75) is 83.7 Å². The molecule has 0 aromatic rings. The second kappa shape index (κ2) is 6.05. The molecule has 2 aliphatic heterocycles. The average molecular weight is 223 g/mol. The molecule has 2 saturated heterocycles. The van der Waals surface area contributed by atoms with Gasteiger partial charge in [0, 0.05) is 12.1 Å². The predicted octanol–water partition coefficient (Wildman–Crippen LogP) is 4.22. The van der Waals surface area contributed by atoms with E-state index in [9.17, 15) is 0 Å². The molecule has 0 N–H and O–H groups in total. The summed E-state index contributed by atoms with van der Waals surface area (Å²) in [6, 6.07) is 1.91. The first kappa shape index (κ1) is 12.4. The van der Waals surface area contributed by atoms with Crippen LogP contribution in [-0.2, 0) is 0 Å². The van der Waals surface area contributed by atoms with Crippen LogP contribution in [0.25, 0.3) is 0 Å². The maximum Gasteiger partial charge on any atom is 0.0127 e. The molecule has 0 aromatic heterocycles. The van der Waals surface area contributed by atoms with E-state index in [1.54, 1.807) is 0 Å². The molecule has 1 heteroatoms. The molecule has 94 valence electrons. The first-order valence-electron chi connectivity index (χ1n) is 7.62. The molecule has 3 unspecified atom stereocenters. The van der Waals surface area contributed by atoms with E-state index < -0.39 is 0 Å². The molecule has 0 aromatic carbocycles. The van der Waals surface area contributed by atoms with Crippen LogP contribution in [0.2, 0.25) is 0 Å². The quantitative estimate of drug-likeness (QED) is 0.674. The van der Waals surface area contributed by atoms with Crippen molar-refractivity contribution in [3.63, 3.8) is 0 Å². The van der Waals surface area contributed by atoms with Gasteiger partial charge in [-0.2, -0.15) is 0 Å². The van der Waals surface area contributed by atoms with Gasteiger partial charge in [0.1, 0.15) is 0 Å². The van der Waals surface area contributed by atoms with Gasteiger partial charge in [0.15, 0.2) is 0 Å². The molecule has 2 heterocycles. The van der Waals surface area contributed by atoms with Crippen LogP contribution in [0.15, 0.2) is 0 Å². The summed E-state index contributed by atoms with van der Waals surface area (Å²) in [6.07, 6.45) is 13.1. The molecule has 2 fully saturated rings. The molecule has 2 aliphatic rings. The summed E-state index contributed by atoms with van der Waals surface area (Å²) in [5.41, 5.74) is 0. The number of hydrogen-bond acceptors (Lipinski definition) is 1. The second-order valence-electron chi connectivity index (χ2n) is 5.87. The summed E-state index contributed by atoms with van der Waals surface area (Å²) >= 11 is 0. The highest BCUT2D eigenvalue weighted by Crippen LogP contribution is 2.38. The molecule has 2 rings (SSSR count). The first-order valence-corrected chi connectivity index (χ1v) is 7.62. The lowest BCUT2D eigenvalue weighted by atomic mass is 9.81. The fourth-order valence-electron chi connectivity index (χ4n) is 3.99. The Morgan fingerprint density at radius 3 is 2.62 bits per heavy atom. The normalized spacial score (nSPS) is 35.2. The lowest BCUT2D eigenvalue weighted by Gasteiger charge is -2.43. The highest BCUT2D eigenvalue weighted by molar-refractivity contribution is 4.93. The third-order valence-corrected chi connectivity index (χ3v) is 4.78. The maximum absolute atomic E-state index is 2.88. The minimum Gasteiger partial charge on any atom is -0.297 e. The Morgan fingerprint density at radius 2 is 1.88 bits per heavy atom. The number of fused-ring (bicyclic) bond motifs is 1. The molecular weight excluding hydrogens is 194 g/mol. The van der Waals surface area contributed by atoms with E-state index in [0.29, 0.717) is 0 Å². The Hall–Kier alpha value is -0.0400. The largest absolute Gasteiger partial charge is 0.297 e. The van der Waals surface area contributed by atoms with Crippen molar-refractivity contribution >= 4 is 0 Å². The van der Waals surface area contributed by atoms with Crippen LogP contribution >= 0.6 is 0 Å². The standard InChI is InChI=1S/C15H29N/c1-3-5-8-13-10-11-14(7-4-2)16-12-6-9-15(13)16/h13-15H,3-12H2,1-2H3. The molecule has 3 atom stereocenters. The topological polar surface area (TPSA) is 3.24 Å². The number of nitrogens with zero attached hydrogens (tertiary/aromatic N) is 1. The summed E-state index contributed by atoms with van der Waals surface area (Å²) in [4.78, 5) is 2.88. The van der Waals surface area contributed by atoms with Crippen LogP contribution in [0.5, 0.6) is 0 Å². The minimum atomic E-state index is 0.940. The van der Waals surface area contributed by atoms with Crippen LogP contribution < -0.4 is 0 Å². The monoisotopic (exact) mass is 223 g/mol. The SMILES string of the molecule is CCCCC1CCC(CCC)N2CCCC12. The fourth-order valence-corrected chi connectivity index (χ4v) is 3.99. The Kier molecular flexibility index (Phi) is 4.69. The lowest BCUT2D eigenvalue weighted by molar-refractivity contribution is 0.0639. The van der Waals surface area contributed by atoms with E-state index >= 15 is 0 Å². The van der Waals surface area contributed by atoms with E-state index in [-0.39, 0.29) is 0 Å². The smallest absolute Gasteiger partial charge is 0.0127 e. The van der Waals surface area contributed by atoms with Gasteiger partial charge in [0.05, 0.1) is 0 Å². The van der Waals surface area contributed by atoms with Crippen molar-refractivity contribution in [3.8, 4) is 0 Å². The molecule has 0 amide bonds. The van der Waals surface area contributed by atoms with Gasteiger partial charge in [-0.05, 0) is 51.0 Å². The first-order chi connectivity index (χ1) is 7.86. The van der Waals surface area contributed by atoms with Gasteiger partial charge in [-0.25, -0.2) is 0 Å². The summed E-state index contributed by atoms with van der Waals surface area (Å²) in [7, 11) is 0. The number of unbranched alkanes of at least 4 members (excludes halogenated alkanes) is 1. The van der Waals surface area contributed by atoms with Crippen molar-refractivity contribution in [1.82, 2.24) is 4.90 Å². The third kappa shape index (κ3) is 2.61. The lowest BCUT2D eigenvalue weighted by Crippen LogP contribution is -2.47. The average Bonchev–Trinajstić information content (AvgIpc) is 2.78. The van der Waals surface area contributed by atoms with Crippen molar-refractivity contribution in [2.75, 3.05) is 6.54 Å². The number of rotatable bonds is 5. The summed E-state index contributed by atoms with van der Waals surface area (Å²) in [6.45, 7) is 6.07. The molecular formula is C15H29N. The zero-order valence-electron chi connectivity index (χ0n) is 11.3. The van der Waals surface area contributed by atoms with Crippen LogP contribution in [-0.4, -0.2) is 23.5 Å². The van der Waals surface area contributed by atoms with Gasteiger partial charge in [0.2, 0.25) is 0 Å². The molecule has 0 saturated carbocycles. The van der Waals surface area contributed by atoms with Gasteiger partial charge in [-0.3, -0.25) is 4.90 Å². The molecule has 1 nitrogen and oxygen atoms in total. The van der Waals surface area contributed by atoms with Gasteiger partial charge < -0.3 is 0 Å². The summed E-state index contributed by atoms with van der Waals surface area (Å²) in [5.74, 6) is 1.04. The van der Waals surface area contributed by atoms with E-state index in [4.69, 9.17) is 0 Å². The van der Waals surface area contributed by atoms with Crippen molar-refractivity contribution < 1.29 is 0 Å². The van der Waals surface area contributed by atoms with Gasteiger partial charge in [0.25, 0.3) is 0 Å². The Morgan fingerprint density at radius 1 is 1.00 bits per heavy atom. The molecule has 0 radical (unpaired) electrons. The Balaban J connectivity index is 1.91. The highest BCUT2D eigenvalue weighted by Gasteiger charge is 2.38. The van der Waals surface area contributed by atoms with Gasteiger partial charge >= 0.3 is 0 Å². The minimum absolute atomic E-state index is 0.940. The van der Waals surface area contributed by atoms with Crippen LogP contribution in [0.1, 0.15) is 71.6 Å².